The molecule has 1 aromatic rings. The lowest BCUT2D eigenvalue weighted by atomic mass is 9.98. The second-order valence-corrected chi connectivity index (χ2v) is 5.43. The van der Waals surface area contributed by atoms with Crippen LogP contribution in [0.4, 0.5) is 4.39 Å². The van der Waals surface area contributed by atoms with Gasteiger partial charge in [-0.1, -0.05) is 18.8 Å². The van der Waals surface area contributed by atoms with E-state index in [-0.39, 0.29) is 24.2 Å². The first-order chi connectivity index (χ1) is 10.1. The molecule has 1 amide bonds. The number of hydrogen-bond acceptors (Lipinski definition) is 2. The molecule has 0 spiro atoms. The zero-order chi connectivity index (χ0) is 15.2. The molecule has 0 aliphatic carbocycles. The monoisotopic (exact) mass is 289 g/mol. The normalized spacial score (nSPS) is 18.3. The Labute approximate surface area is 124 Å². The standard InChI is InChI=1S/C17H20FNO2/c1-13-5-4-7-19(17(13)21)12-15-9-14(6-2-3-8-20)10-16(18)11-15/h9-11,13,20H,3-5,7-8,12H2,1H3. The van der Waals surface area contributed by atoms with Crippen molar-refractivity contribution in [2.24, 2.45) is 5.92 Å². The molecule has 1 saturated heterocycles. The van der Waals surface area contributed by atoms with Crippen molar-refractivity contribution in [2.75, 3.05) is 13.2 Å². The molecule has 112 valence electrons. The van der Waals surface area contributed by atoms with Crippen molar-refractivity contribution in [3.05, 3.63) is 35.1 Å². The second-order valence-electron chi connectivity index (χ2n) is 5.43. The molecule has 0 saturated carbocycles. The van der Waals surface area contributed by atoms with Gasteiger partial charge in [0.1, 0.15) is 5.82 Å². The van der Waals surface area contributed by atoms with Crippen LogP contribution in [0.15, 0.2) is 18.2 Å². The van der Waals surface area contributed by atoms with Crippen LogP contribution in [0, 0.1) is 23.6 Å². The van der Waals surface area contributed by atoms with Gasteiger partial charge < -0.3 is 10.0 Å². The minimum Gasteiger partial charge on any atom is -0.395 e. The number of hydrogen-bond donors (Lipinski definition) is 1. The van der Waals surface area contributed by atoms with Gasteiger partial charge in [-0.2, -0.15) is 0 Å². The molecule has 1 atom stereocenters. The minimum atomic E-state index is -0.349. The van der Waals surface area contributed by atoms with Crippen LogP contribution in [0.1, 0.15) is 37.3 Å². The fourth-order valence-electron chi connectivity index (χ4n) is 2.55. The number of benzene rings is 1. The summed E-state index contributed by atoms with van der Waals surface area (Å²) in [6.07, 6.45) is 2.29. The molecule has 0 bridgehead atoms. The van der Waals surface area contributed by atoms with E-state index in [9.17, 15) is 9.18 Å². The van der Waals surface area contributed by atoms with E-state index in [2.05, 4.69) is 11.8 Å². The number of nitrogens with zero attached hydrogens (tertiary/aromatic N) is 1. The molecule has 3 nitrogen and oxygen atoms in total. The van der Waals surface area contributed by atoms with E-state index < -0.39 is 0 Å². The van der Waals surface area contributed by atoms with Gasteiger partial charge in [0.2, 0.25) is 5.91 Å². The van der Waals surface area contributed by atoms with E-state index in [4.69, 9.17) is 5.11 Å². The van der Waals surface area contributed by atoms with E-state index in [0.29, 0.717) is 18.5 Å². The third-order valence-corrected chi connectivity index (χ3v) is 3.60. The topological polar surface area (TPSA) is 40.5 Å². The van der Waals surface area contributed by atoms with Gasteiger partial charge in [-0.05, 0) is 36.6 Å². The van der Waals surface area contributed by atoms with Gasteiger partial charge in [-0.25, -0.2) is 4.39 Å². The molecule has 1 heterocycles. The number of halogens is 1. The van der Waals surface area contributed by atoms with Crippen molar-refractivity contribution < 1.29 is 14.3 Å². The summed E-state index contributed by atoms with van der Waals surface area (Å²) >= 11 is 0. The van der Waals surface area contributed by atoms with Crippen molar-refractivity contribution in [3.63, 3.8) is 0 Å². The van der Waals surface area contributed by atoms with Gasteiger partial charge in [0.05, 0.1) is 6.61 Å². The predicted octanol–water partition coefficient (Wildman–Crippen LogP) is 2.32. The van der Waals surface area contributed by atoms with Crippen LogP contribution in [0.2, 0.25) is 0 Å². The molecule has 0 radical (unpaired) electrons. The molecule has 1 aliphatic heterocycles. The lowest BCUT2D eigenvalue weighted by Gasteiger charge is -2.30. The second kappa shape index (κ2) is 7.24. The van der Waals surface area contributed by atoms with Gasteiger partial charge in [-0.3, -0.25) is 4.79 Å². The van der Waals surface area contributed by atoms with Crippen molar-refractivity contribution in [2.45, 2.75) is 32.7 Å². The molecular formula is C17H20FNO2. The van der Waals surface area contributed by atoms with Gasteiger partial charge in [0.15, 0.2) is 0 Å². The quantitative estimate of drug-likeness (QED) is 0.868. The Kier molecular flexibility index (Phi) is 5.35. The predicted molar refractivity (Wildman–Crippen MR) is 78.8 cm³/mol. The lowest BCUT2D eigenvalue weighted by Crippen LogP contribution is -2.39. The fraction of sp³-hybridized carbons (Fsp3) is 0.471. The Morgan fingerprint density at radius 2 is 2.24 bits per heavy atom. The summed E-state index contributed by atoms with van der Waals surface area (Å²) in [6.45, 7) is 3.09. The van der Waals surface area contributed by atoms with E-state index in [1.54, 1.807) is 11.0 Å². The van der Waals surface area contributed by atoms with Crippen molar-refractivity contribution in [1.82, 2.24) is 4.90 Å². The van der Waals surface area contributed by atoms with Crippen LogP contribution in [0.3, 0.4) is 0 Å². The number of aliphatic hydroxyl groups is 1. The number of amides is 1. The summed E-state index contributed by atoms with van der Waals surface area (Å²) in [7, 11) is 0. The Bertz CT molecular complexity index is 574. The first-order valence-corrected chi connectivity index (χ1v) is 7.28. The SMILES string of the molecule is CC1CCCN(Cc2cc(F)cc(C#CCCO)c2)C1=O. The number of rotatable bonds is 3. The zero-order valence-corrected chi connectivity index (χ0v) is 12.2. The van der Waals surface area contributed by atoms with E-state index >= 15 is 0 Å². The number of piperidine rings is 1. The molecule has 1 aromatic carbocycles. The Balaban J connectivity index is 2.13. The van der Waals surface area contributed by atoms with Gasteiger partial charge in [0.25, 0.3) is 0 Å². The van der Waals surface area contributed by atoms with Gasteiger partial charge in [-0.15, -0.1) is 0 Å². The summed E-state index contributed by atoms with van der Waals surface area (Å²) in [4.78, 5) is 13.9. The molecule has 21 heavy (non-hydrogen) atoms. The summed E-state index contributed by atoms with van der Waals surface area (Å²) in [6, 6.07) is 4.62. The van der Waals surface area contributed by atoms with Crippen molar-refractivity contribution in [3.8, 4) is 11.8 Å². The van der Waals surface area contributed by atoms with Crippen LogP contribution in [0.5, 0.6) is 0 Å². The van der Waals surface area contributed by atoms with E-state index in [1.165, 1.54) is 12.1 Å². The third-order valence-electron chi connectivity index (χ3n) is 3.60. The molecule has 1 aliphatic rings. The zero-order valence-electron chi connectivity index (χ0n) is 12.2. The summed E-state index contributed by atoms with van der Waals surface area (Å²) in [5, 5.41) is 8.70. The van der Waals surface area contributed by atoms with E-state index in [0.717, 1.165) is 24.9 Å². The van der Waals surface area contributed by atoms with Crippen molar-refractivity contribution >= 4 is 5.91 Å². The first-order valence-electron chi connectivity index (χ1n) is 7.28. The Morgan fingerprint density at radius 1 is 1.43 bits per heavy atom. The van der Waals surface area contributed by atoms with Gasteiger partial charge in [0, 0.05) is 31.0 Å². The van der Waals surface area contributed by atoms with Gasteiger partial charge >= 0.3 is 0 Å². The average molecular weight is 289 g/mol. The van der Waals surface area contributed by atoms with Crippen molar-refractivity contribution in [1.29, 1.82) is 0 Å². The maximum atomic E-state index is 13.6. The number of carbonyl (C=O) groups is 1. The molecule has 1 N–H and O–H groups in total. The highest BCUT2D eigenvalue weighted by Crippen LogP contribution is 2.20. The highest BCUT2D eigenvalue weighted by Gasteiger charge is 2.25. The lowest BCUT2D eigenvalue weighted by molar-refractivity contribution is -0.138. The van der Waals surface area contributed by atoms with E-state index in [1.807, 2.05) is 6.92 Å². The molecule has 1 fully saturated rings. The molecule has 4 heteroatoms. The summed E-state index contributed by atoms with van der Waals surface area (Å²) in [5.41, 5.74) is 1.33. The molecule has 0 aromatic heterocycles. The Hall–Kier alpha value is -1.86. The third kappa shape index (κ3) is 4.30. The Morgan fingerprint density at radius 3 is 3.00 bits per heavy atom. The first kappa shape index (κ1) is 15.5. The number of aliphatic hydroxyl groups excluding tert-OH is 1. The number of carbonyl (C=O) groups excluding carboxylic acids is 1. The minimum absolute atomic E-state index is 0.00462. The maximum Gasteiger partial charge on any atom is 0.225 e. The largest absolute Gasteiger partial charge is 0.395 e. The fourth-order valence-corrected chi connectivity index (χ4v) is 2.55. The summed E-state index contributed by atoms with van der Waals surface area (Å²) in [5.74, 6) is 5.45. The van der Waals surface area contributed by atoms with Crippen LogP contribution < -0.4 is 0 Å². The average Bonchev–Trinajstić information content (AvgIpc) is 2.44. The highest BCUT2D eigenvalue weighted by atomic mass is 19.1. The molecular weight excluding hydrogens is 269 g/mol. The maximum absolute atomic E-state index is 13.6. The van der Waals surface area contributed by atoms with Crippen LogP contribution in [-0.2, 0) is 11.3 Å². The summed E-state index contributed by atoms with van der Waals surface area (Å²) < 4.78 is 13.6. The van der Waals surface area contributed by atoms with Crippen LogP contribution in [0.25, 0.3) is 0 Å². The van der Waals surface area contributed by atoms with Crippen LogP contribution >= 0.6 is 0 Å². The smallest absolute Gasteiger partial charge is 0.225 e. The molecule has 1 unspecified atom stereocenters. The number of likely N-dealkylation sites (tertiary alicyclic amines) is 1. The highest BCUT2D eigenvalue weighted by molar-refractivity contribution is 5.79. The van der Waals surface area contributed by atoms with Crippen LogP contribution in [-0.4, -0.2) is 29.1 Å². The molecule has 2 rings (SSSR count).